The molecule has 2 fully saturated rings. The molecule has 0 amide bonds. The van der Waals surface area contributed by atoms with Gasteiger partial charge in [-0.3, -0.25) is 0 Å². The number of fused-ring (bicyclic) bond motifs is 1. The Bertz CT molecular complexity index is 640. The van der Waals surface area contributed by atoms with Crippen molar-refractivity contribution in [2.75, 3.05) is 14.2 Å². The van der Waals surface area contributed by atoms with E-state index in [1.807, 2.05) is 0 Å². The van der Waals surface area contributed by atoms with Gasteiger partial charge in [-0.05, 0) is 63.1 Å². The first-order chi connectivity index (χ1) is 12.4. The smallest absolute Gasteiger partial charge is 0.126 e. The van der Waals surface area contributed by atoms with Crippen molar-refractivity contribution in [2.24, 2.45) is 5.92 Å². The lowest BCUT2D eigenvalue weighted by atomic mass is 9.69. The average Bonchev–Trinajstić information content (AvgIpc) is 3.32. The molecule has 26 heavy (non-hydrogen) atoms. The Morgan fingerprint density at radius 3 is 2.42 bits per heavy atom. The van der Waals surface area contributed by atoms with Gasteiger partial charge < -0.3 is 14.2 Å². The molecule has 1 aromatic rings. The maximum Gasteiger partial charge on any atom is 0.126 e. The molecule has 1 aliphatic heterocycles. The van der Waals surface area contributed by atoms with Crippen LogP contribution < -0.4 is 9.47 Å². The third-order valence-electron chi connectivity index (χ3n) is 6.29. The Morgan fingerprint density at radius 2 is 1.88 bits per heavy atom. The Hall–Kier alpha value is -1.48. The van der Waals surface area contributed by atoms with E-state index in [2.05, 4.69) is 39.5 Å². The largest absolute Gasteiger partial charge is 0.496 e. The van der Waals surface area contributed by atoms with Crippen LogP contribution in [-0.4, -0.2) is 25.9 Å². The summed E-state index contributed by atoms with van der Waals surface area (Å²) in [6.07, 6.45) is 7.18. The molecule has 2 aliphatic rings. The topological polar surface area (TPSA) is 31.0 Å². The van der Waals surface area contributed by atoms with Crippen molar-refractivity contribution in [1.82, 2.24) is 0 Å². The van der Waals surface area contributed by atoms with Gasteiger partial charge in [-0.1, -0.05) is 31.9 Å². The molecule has 3 rings (SSSR count). The molecular weight excluding hydrogens is 324 g/mol. The minimum Gasteiger partial charge on any atom is -0.496 e. The first-order valence-electron chi connectivity index (χ1n) is 10.0. The van der Waals surface area contributed by atoms with E-state index in [9.17, 15) is 0 Å². The Morgan fingerprint density at radius 1 is 1.23 bits per heavy atom. The number of ether oxygens (including phenoxy) is 3. The van der Waals surface area contributed by atoms with Crippen molar-refractivity contribution in [3.8, 4) is 11.5 Å². The summed E-state index contributed by atoms with van der Waals surface area (Å²) in [5, 5.41) is 0. The van der Waals surface area contributed by atoms with E-state index < -0.39 is 0 Å². The van der Waals surface area contributed by atoms with E-state index in [1.165, 1.54) is 30.4 Å². The lowest BCUT2D eigenvalue weighted by Gasteiger charge is -2.34. The zero-order chi connectivity index (χ0) is 18.9. The lowest BCUT2D eigenvalue weighted by Crippen LogP contribution is -2.31. The summed E-state index contributed by atoms with van der Waals surface area (Å²) in [6.45, 7) is 10.9. The second-order valence-corrected chi connectivity index (χ2v) is 8.24. The highest BCUT2D eigenvalue weighted by Gasteiger charge is 2.61. The van der Waals surface area contributed by atoms with Gasteiger partial charge in [-0.25, -0.2) is 0 Å². The number of epoxide rings is 1. The van der Waals surface area contributed by atoms with Gasteiger partial charge in [0.2, 0.25) is 0 Å². The van der Waals surface area contributed by atoms with Crippen LogP contribution in [0.3, 0.4) is 0 Å². The summed E-state index contributed by atoms with van der Waals surface area (Å²) in [7, 11) is 3.53. The van der Waals surface area contributed by atoms with Gasteiger partial charge in [0, 0.05) is 11.5 Å². The molecule has 4 atom stereocenters. The minimum absolute atomic E-state index is 0.00639. The molecule has 0 N–H and O–H groups in total. The van der Waals surface area contributed by atoms with Crippen molar-refractivity contribution >= 4 is 0 Å². The van der Waals surface area contributed by atoms with E-state index >= 15 is 0 Å². The van der Waals surface area contributed by atoms with Crippen molar-refractivity contribution in [1.29, 1.82) is 0 Å². The number of rotatable bonds is 8. The number of hydrogen-bond donors (Lipinski definition) is 0. The Labute approximate surface area is 158 Å². The summed E-state index contributed by atoms with van der Waals surface area (Å²) in [4.78, 5) is 0. The minimum atomic E-state index is 0.00639. The third kappa shape index (κ3) is 3.51. The molecule has 3 heteroatoms. The van der Waals surface area contributed by atoms with Gasteiger partial charge in [0.15, 0.2) is 0 Å². The van der Waals surface area contributed by atoms with Crippen LogP contribution in [0.25, 0.3) is 0 Å². The number of unbranched alkanes of at least 4 members (excludes halogenated alkanes) is 2. The first kappa shape index (κ1) is 19.3. The molecule has 1 saturated carbocycles. The normalized spacial score (nSPS) is 29.8. The quantitative estimate of drug-likeness (QED) is 0.341. The molecule has 144 valence electrons. The van der Waals surface area contributed by atoms with Gasteiger partial charge in [0.25, 0.3) is 0 Å². The van der Waals surface area contributed by atoms with Gasteiger partial charge in [-0.2, -0.15) is 0 Å². The Balaban J connectivity index is 2.00. The third-order valence-corrected chi connectivity index (χ3v) is 6.29. The summed E-state index contributed by atoms with van der Waals surface area (Å²) in [5.74, 6) is 2.53. The summed E-state index contributed by atoms with van der Waals surface area (Å²) >= 11 is 0. The number of methoxy groups -OCH3 is 2. The van der Waals surface area contributed by atoms with Crippen LogP contribution >= 0.6 is 0 Å². The van der Waals surface area contributed by atoms with Crippen molar-refractivity contribution in [3.63, 3.8) is 0 Å². The predicted molar refractivity (Wildman–Crippen MR) is 106 cm³/mol. The molecule has 0 spiro atoms. The van der Waals surface area contributed by atoms with Crippen LogP contribution in [0.15, 0.2) is 24.3 Å². The highest BCUT2D eigenvalue weighted by Crippen LogP contribution is 2.60. The molecule has 3 nitrogen and oxygen atoms in total. The van der Waals surface area contributed by atoms with Gasteiger partial charge in [0.05, 0.1) is 25.9 Å². The maximum absolute atomic E-state index is 6.17. The highest BCUT2D eigenvalue weighted by molar-refractivity contribution is 5.53. The van der Waals surface area contributed by atoms with Crippen LogP contribution in [0.4, 0.5) is 0 Å². The van der Waals surface area contributed by atoms with E-state index in [1.54, 1.807) is 14.2 Å². The number of aryl methyl sites for hydroxylation is 1. The molecule has 1 aliphatic carbocycles. The second-order valence-electron chi connectivity index (χ2n) is 8.24. The average molecular weight is 359 g/mol. The van der Waals surface area contributed by atoms with Crippen molar-refractivity contribution in [2.45, 2.75) is 76.9 Å². The first-order valence-corrected chi connectivity index (χ1v) is 10.0. The molecule has 1 heterocycles. The van der Waals surface area contributed by atoms with Crippen LogP contribution in [0, 0.1) is 5.92 Å². The van der Waals surface area contributed by atoms with Gasteiger partial charge in [-0.15, -0.1) is 0 Å². The SMILES string of the molecule is C=C(C)[C@@H]1CC[C@]2(C)O[C@@H]2[C@H]1c1c(OC)cc(CCCCC)cc1OC. The molecule has 1 saturated heterocycles. The maximum atomic E-state index is 6.17. The second kappa shape index (κ2) is 7.64. The fourth-order valence-corrected chi connectivity index (χ4v) is 4.69. The van der Waals surface area contributed by atoms with E-state index in [0.717, 1.165) is 36.3 Å². The highest BCUT2D eigenvalue weighted by atomic mass is 16.6. The monoisotopic (exact) mass is 358 g/mol. The number of benzene rings is 1. The van der Waals surface area contributed by atoms with Crippen LogP contribution in [0.1, 0.15) is 69.9 Å². The molecular formula is C23H34O3. The molecule has 1 aromatic carbocycles. The molecule has 0 unspecified atom stereocenters. The lowest BCUT2D eigenvalue weighted by molar-refractivity contribution is 0.302. The standard InChI is InChI=1S/C23H34O3/c1-7-8-9-10-16-13-18(24-5)21(19(14-16)25-6)20-17(15(2)3)11-12-23(4)22(20)26-23/h13-14,17,20,22H,2,7-12H2,1,3-6H3/t17-,20+,22+,23-/m0/s1. The zero-order valence-corrected chi connectivity index (χ0v) is 17.1. The number of allylic oxidation sites excluding steroid dienone is 1. The summed E-state index contributed by atoms with van der Waals surface area (Å²) < 4.78 is 17.9. The fraction of sp³-hybridized carbons (Fsp3) is 0.652. The predicted octanol–water partition coefficient (Wildman–Crippen LogP) is 5.66. The van der Waals surface area contributed by atoms with Crippen LogP contribution in [0.2, 0.25) is 0 Å². The molecule has 0 aromatic heterocycles. The van der Waals surface area contributed by atoms with E-state index in [-0.39, 0.29) is 17.6 Å². The van der Waals surface area contributed by atoms with Gasteiger partial charge >= 0.3 is 0 Å². The zero-order valence-electron chi connectivity index (χ0n) is 17.1. The fourth-order valence-electron chi connectivity index (χ4n) is 4.69. The van der Waals surface area contributed by atoms with Crippen molar-refractivity contribution in [3.05, 3.63) is 35.4 Å². The molecule has 0 bridgehead atoms. The van der Waals surface area contributed by atoms with Gasteiger partial charge in [0.1, 0.15) is 11.5 Å². The summed E-state index contributed by atoms with van der Waals surface area (Å²) in [5.41, 5.74) is 3.68. The van der Waals surface area contributed by atoms with E-state index in [0.29, 0.717) is 5.92 Å². The Kier molecular flexibility index (Phi) is 5.67. The number of hydrogen-bond acceptors (Lipinski definition) is 3. The van der Waals surface area contributed by atoms with Crippen LogP contribution in [-0.2, 0) is 11.2 Å². The molecule has 0 radical (unpaired) electrons. The van der Waals surface area contributed by atoms with Crippen molar-refractivity contribution < 1.29 is 14.2 Å². The summed E-state index contributed by atoms with van der Waals surface area (Å²) in [6, 6.07) is 4.41. The van der Waals surface area contributed by atoms with Crippen LogP contribution in [0.5, 0.6) is 11.5 Å². The van der Waals surface area contributed by atoms with E-state index in [4.69, 9.17) is 14.2 Å².